The fourth-order valence-corrected chi connectivity index (χ4v) is 2.55. The second kappa shape index (κ2) is 7.62. The minimum atomic E-state index is 0. The zero-order valence-electron chi connectivity index (χ0n) is 11.0. The summed E-state index contributed by atoms with van der Waals surface area (Å²) >= 11 is 0. The Kier molecular flexibility index (Phi) is 6.47. The monoisotopic (exact) mass is 270 g/mol. The van der Waals surface area contributed by atoms with Gasteiger partial charge in [0.25, 0.3) is 0 Å². The third-order valence-electron chi connectivity index (χ3n) is 3.56. The van der Waals surface area contributed by atoms with E-state index in [-0.39, 0.29) is 12.4 Å². The smallest absolute Gasteiger partial charge is 0.118 e. The summed E-state index contributed by atoms with van der Waals surface area (Å²) in [4.78, 5) is 2.51. The molecule has 2 rings (SSSR count). The van der Waals surface area contributed by atoms with E-state index in [1.54, 1.807) is 7.11 Å². The molecule has 1 aromatic rings. The highest BCUT2D eigenvalue weighted by atomic mass is 35.5. The fraction of sp³-hybridized carbons (Fsp3) is 0.571. The molecular weight excluding hydrogens is 248 g/mol. The molecule has 0 bridgehead atoms. The van der Waals surface area contributed by atoms with Crippen molar-refractivity contribution < 1.29 is 4.74 Å². The molecule has 1 fully saturated rings. The molecule has 1 heterocycles. The van der Waals surface area contributed by atoms with Gasteiger partial charge >= 0.3 is 0 Å². The van der Waals surface area contributed by atoms with Gasteiger partial charge in [-0.25, -0.2) is 0 Å². The summed E-state index contributed by atoms with van der Waals surface area (Å²) in [6.07, 6.45) is 3.95. The number of likely N-dealkylation sites (tertiary alicyclic amines) is 1. The topological polar surface area (TPSA) is 38.5 Å². The largest absolute Gasteiger partial charge is 0.497 e. The number of hydrogen-bond acceptors (Lipinski definition) is 3. The number of benzene rings is 1. The molecule has 0 saturated carbocycles. The van der Waals surface area contributed by atoms with Crippen LogP contribution in [0.1, 0.15) is 30.9 Å². The van der Waals surface area contributed by atoms with Gasteiger partial charge in [0, 0.05) is 12.6 Å². The van der Waals surface area contributed by atoms with Gasteiger partial charge in [0.2, 0.25) is 0 Å². The maximum absolute atomic E-state index is 5.93. The van der Waals surface area contributed by atoms with E-state index in [2.05, 4.69) is 17.0 Å². The van der Waals surface area contributed by atoms with Gasteiger partial charge in [0.15, 0.2) is 0 Å². The lowest BCUT2D eigenvalue weighted by Crippen LogP contribution is -2.37. The van der Waals surface area contributed by atoms with Gasteiger partial charge in [-0.3, -0.25) is 4.90 Å². The van der Waals surface area contributed by atoms with Crippen LogP contribution in [0.25, 0.3) is 0 Å². The van der Waals surface area contributed by atoms with Crippen molar-refractivity contribution in [2.24, 2.45) is 5.73 Å². The number of hydrogen-bond donors (Lipinski definition) is 1. The first-order valence-corrected chi connectivity index (χ1v) is 6.43. The Bertz CT molecular complexity index is 336. The van der Waals surface area contributed by atoms with E-state index in [0.29, 0.717) is 12.6 Å². The summed E-state index contributed by atoms with van der Waals surface area (Å²) < 4.78 is 5.18. The number of piperidine rings is 1. The first-order chi connectivity index (χ1) is 8.35. The van der Waals surface area contributed by atoms with Crippen LogP contribution in [0.15, 0.2) is 24.3 Å². The van der Waals surface area contributed by atoms with Crippen molar-refractivity contribution in [1.82, 2.24) is 4.90 Å². The van der Waals surface area contributed by atoms with Gasteiger partial charge in [-0.05, 0) is 43.6 Å². The Morgan fingerprint density at radius 3 is 2.28 bits per heavy atom. The fourth-order valence-electron chi connectivity index (χ4n) is 2.55. The third kappa shape index (κ3) is 3.61. The highest BCUT2D eigenvalue weighted by Gasteiger charge is 2.20. The molecule has 0 radical (unpaired) electrons. The van der Waals surface area contributed by atoms with Gasteiger partial charge in [-0.2, -0.15) is 0 Å². The summed E-state index contributed by atoms with van der Waals surface area (Å²) in [7, 11) is 1.69. The number of rotatable bonds is 4. The molecule has 1 unspecified atom stereocenters. The van der Waals surface area contributed by atoms with E-state index in [0.717, 1.165) is 5.75 Å². The Labute approximate surface area is 116 Å². The molecule has 4 heteroatoms. The Hall–Kier alpha value is -0.770. The molecule has 1 aromatic carbocycles. The minimum absolute atomic E-state index is 0. The van der Waals surface area contributed by atoms with Crippen molar-refractivity contribution in [2.45, 2.75) is 25.3 Å². The van der Waals surface area contributed by atoms with E-state index < -0.39 is 0 Å². The summed E-state index contributed by atoms with van der Waals surface area (Å²) in [6, 6.07) is 8.65. The molecule has 0 amide bonds. The summed E-state index contributed by atoms with van der Waals surface area (Å²) in [5.41, 5.74) is 7.23. The zero-order valence-corrected chi connectivity index (χ0v) is 11.8. The van der Waals surface area contributed by atoms with Crippen LogP contribution < -0.4 is 10.5 Å². The highest BCUT2D eigenvalue weighted by Crippen LogP contribution is 2.25. The lowest BCUT2D eigenvalue weighted by molar-refractivity contribution is 0.167. The number of methoxy groups -OCH3 is 1. The standard InChI is InChI=1S/C14H22N2O.ClH/c1-17-13-7-5-12(6-8-13)14(11-15)16-9-3-2-4-10-16;/h5-8,14H,2-4,9-11,15H2,1H3;1H. The van der Waals surface area contributed by atoms with Crippen LogP contribution >= 0.6 is 12.4 Å². The average molecular weight is 271 g/mol. The zero-order chi connectivity index (χ0) is 12.1. The number of ether oxygens (including phenoxy) is 1. The number of nitrogens with two attached hydrogens (primary N) is 1. The molecular formula is C14H23ClN2O. The van der Waals surface area contributed by atoms with Crippen LogP contribution in [0, 0.1) is 0 Å². The molecule has 0 spiro atoms. The summed E-state index contributed by atoms with van der Waals surface area (Å²) in [6.45, 7) is 3.04. The predicted molar refractivity (Wildman–Crippen MR) is 77.5 cm³/mol. The van der Waals surface area contributed by atoms with Crippen LogP contribution in [-0.4, -0.2) is 31.6 Å². The quantitative estimate of drug-likeness (QED) is 0.914. The van der Waals surface area contributed by atoms with Crippen LogP contribution in [0.5, 0.6) is 5.75 Å². The van der Waals surface area contributed by atoms with Gasteiger partial charge in [-0.1, -0.05) is 18.6 Å². The Morgan fingerprint density at radius 1 is 1.17 bits per heavy atom. The molecule has 3 nitrogen and oxygen atoms in total. The lowest BCUT2D eigenvalue weighted by Gasteiger charge is -2.34. The van der Waals surface area contributed by atoms with Crippen molar-refractivity contribution >= 4 is 12.4 Å². The second-order valence-electron chi connectivity index (χ2n) is 4.62. The molecule has 1 atom stereocenters. The molecule has 1 aliphatic heterocycles. The first kappa shape index (κ1) is 15.3. The minimum Gasteiger partial charge on any atom is -0.497 e. The second-order valence-corrected chi connectivity index (χ2v) is 4.62. The normalized spacial score (nSPS) is 17.9. The van der Waals surface area contributed by atoms with E-state index in [4.69, 9.17) is 10.5 Å². The molecule has 0 aromatic heterocycles. The Balaban J connectivity index is 0.00000162. The van der Waals surface area contributed by atoms with Gasteiger partial charge in [0.1, 0.15) is 5.75 Å². The predicted octanol–water partition coefficient (Wildman–Crippen LogP) is 2.60. The van der Waals surface area contributed by atoms with Gasteiger partial charge in [-0.15, -0.1) is 12.4 Å². The van der Waals surface area contributed by atoms with E-state index in [9.17, 15) is 0 Å². The third-order valence-corrected chi connectivity index (χ3v) is 3.56. The van der Waals surface area contributed by atoms with Crippen LogP contribution in [0.2, 0.25) is 0 Å². The molecule has 18 heavy (non-hydrogen) atoms. The van der Waals surface area contributed by atoms with Gasteiger partial charge in [0.05, 0.1) is 7.11 Å². The maximum Gasteiger partial charge on any atom is 0.118 e. The van der Waals surface area contributed by atoms with Crippen LogP contribution in [0.3, 0.4) is 0 Å². The lowest BCUT2D eigenvalue weighted by atomic mass is 10.0. The van der Waals surface area contributed by atoms with E-state index in [1.165, 1.54) is 37.9 Å². The molecule has 1 saturated heterocycles. The highest BCUT2D eigenvalue weighted by molar-refractivity contribution is 5.85. The van der Waals surface area contributed by atoms with Crippen molar-refractivity contribution in [1.29, 1.82) is 0 Å². The van der Waals surface area contributed by atoms with Crippen LogP contribution in [0.4, 0.5) is 0 Å². The van der Waals surface area contributed by atoms with Crippen molar-refractivity contribution in [3.8, 4) is 5.75 Å². The van der Waals surface area contributed by atoms with Crippen molar-refractivity contribution in [3.05, 3.63) is 29.8 Å². The summed E-state index contributed by atoms with van der Waals surface area (Å²) in [5, 5.41) is 0. The molecule has 2 N–H and O–H groups in total. The maximum atomic E-state index is 5.93. The SMILES string of the molecule is COc1ccc(C(CN)N2CCCCC2)cc1.Cl. The summed E-state index contributed by atoms with van der Waals surface area (Å²) in [5.74, 6) is 0.906. The van der Waals surface area contributed by atoms with Crippen molar-refractivity contribution in [2.75, 3.05) is 26.7 Å². The number of nitrogens with zero attached hydrogens (tertiary/aromatic N) is 1. The molecule has 102 valence electrons. The molecule has 0 aliphatic carbocycles. The van der Waals surface area contributed by atoms with E-state index >= 15 is 0 Å². The van der Waals surface area contributed by atoms with E-state index in [1.807, 2.05) is 12.1 Å². The van der Waals surface area contributed by atoms with Crippen molar-refractivity contribution in [3.63, 3.8) is 0 Å². The van der Waals surface area contributed by atoms with Crippen LogP contribution in [-0.2, 0) is 0 Å². The van der Waals surface area contributed by atoms with Gasteiger partial charge < -0.3 is 10.5 Å². The number of halogens is 1. The first-order valence-electron chi connectivity index (χ1n) is 6.43. The Morgan fingerprint density at radius 2 is 1.78 bits per heavy atom. The average Bonchev–Trinajstić information content (AvgIpc) is 2.42. The molecule has 1 aliphatic rings.